The summed E-state index contributed by atoms with van der Waals surface area (Å²) in [7, 11) is 0. The van der Waals surface area contributed by atoms with Crippen molar-refractivity contribution in [1.29, 1.82) is 0 Å². The molecule has 0 aliphatic carbocycles. The average Bonchev–Trinajstić information content (AvgIpc) is 2.68. The summed E-state index contributed by atoms with van der Waals surface area (Å²) in [5, 5.41) is 0. The van der Waals surface area contributed by atoms with E-state index in [1.54, 1.807) is 12.1 Å². The van der Waals surface area contributed by atoms with Crippen molar-refractivity contribution in [3.63, 3.8) is 0 Å². The van der Waals surface area contributed by atoms with E-state index in [-0.39, 0.29) is 5.97 Å². The van der Waals surface area contributed by atoms with Gasteiger partial charge in [0, 0.05) is 0 Å². The molecule has 3 heteroatoms. The van der Waals surface area contributed by atoms with Gasteiger partial charge < -0.3 is 9.47 Å². The number of hydrogen-bond donors (Lipinski definition) is 0. The van der Waals surface area contributed by atoms with Crippen LogP contribution in [0.4, 0.5) is 0 Å². The molecular formula is C24H32O3. The average molecular weight is 369 g/mol. The highest BCUT2D eigenvalue weighted by Gasteiger charge is 2.10. The van der Waals surface area contributed by atoms with E-state index in [1.165, 1.54) is 37.7 Å². The van der Waals surface area contributed by atoms with Crippen LogP contribution in [-0.2, 0) is 6.42 Å². The molecule has 27 heavy (non-hydrogen) atoms. The Balaban J connectivity index is 1.90. The first-order valence-corrected chi connectivity index (χ1v) is 10.3. The zero-order chi connectivity index (χ0) is 19.3. The van der Waals surface area contributed by atoms with Gasteiger partial charge >= 0.3 is 5.97 Å². The van der Waals surface area contributed by atoms with Gasteiger partial charge in [0.2, 0.25) is 0 Å². The van der Waals surface area contributed by atoms with E-state index >= 15 is 0 Å². The number of hydrogen-bond acceptors (Lipinski definition) is 3. The van der Waals surface area contributed by atoms with Crippen LogP contribution < -0.4 is 9.47 Å². The van der Waals surface area contributed by atoms with Crippen LogP contribution in [0.5, 0.6) is 11.5 Å². The molecular weight excluding hydrogens is 336 g/mol. The lowest BCUT2D eigenvalue weighted by Gasteiger charge is -2.09. The van der Waals surface area contributed by atoms with Crippen LogP contribution in [0.1, 0.15) is 74.7 Å². The molecule has 0 unspecified atom stereocenters. The number of esters is 1. The second kappa shape index (κ2) is 12.2. The van der Waals surface area contributed by atoms with E-state index in [4.69, 9.17) is 9.47 Å². The molecule has 0 atom stereocenters. The number of rotatable bonds is 12. The van der Waals surface area contributed by atoms with Gasteiger partial charge in [-0.25, -0.2) is 4.79 Å². The Labute approximate surface area is 163 Å². The summed E-state index contributed by atoms with van der Waals surface area (Å²) in [4.78, 5) is 12.5. The topological polar surface area (TPSA) is 35.5 Å². The molecule has 2 rings (SSSR count). The van der Waals surface area contributed by atoms with Crippen LogP contribution in [-0.4, -0.2) is 12.6 Å². The number of aryl methyl sites for hydroxylation is 1. The third-order valence-corrected chi connectivity index (χ3v) is 4.51. The second-order valence-electron chi connectivity index (χ2n) is 6.93. The van der Waals surface area contributed by atoms with Crippen molar-refractivity contribution in [2.75, 3.05) is 6.61 Å². The molecule has 0 spiro atoms. The molecule has 0 aliphatic rings. The van der Waals surface area contributed by atoms with Crippen molar-refractivity contribution in [2.45, 2.75) is 65.2 Å². The van der Waals surface area contributed by atoms with Crippen molar-refractivity contribution >= 4 is 5.97 Å². The van der Waals surface area contributed by atoms with Crippen LogP contribution in [0.3, 0.4) is 0 Å². The summed E-state index contributed by atoms with van der Waals surface area (Å²) in [6.45, 7) is 5.07. The van der Waals surface area contributed by atoms with Crippen molar-refractivity contribution in [1.82, 2.24) is 0 Å². The summed E-state index contributed by atoms with van der Waals surface area (Å²) in [6.07, 6.45) is 9.24. The maximum atomic E-state index is 12.5. The lowest BCUT2D eigenvalue weighted by Crippen LogP contribution is -2.09. The molecule has 0 aromatic heterocycles. The largest absolute Gasteiger partial charge is 0.494 e. The maximum Gasteiger partial charge on any atom is 0.343 e. The first-order valence-electron chi connectivity index (χ1n) is 10.3. The highest BCUT2D eigenvalue weighted by molar-refractivity contribution is 5.91. The molecule has 0 amide bonds. The molecule has 146 valence electrons. The van der Waals surface area contributed by atoms with Crippen molar-refractivity contribution in [3.8, 4) is 11.5 Å². The molecule has 0 radical (unpaired) electrons. The lowest BCUT2D eigenvalue weighted by molar-refractivity contribution is 0.0734. The Bertz CT molecular complexity index is 694. The second-order valence-corrected chi connectivity index (χ2v) is 6.93. The molecule has 0 saturated carbocycles. The highest BCUT2D eigenvalue weighted by atomic mass is 16.5. The third-order valence-electron chi connectivity index (χ3n) is 4.51. The van der Waals surface area contributed by atoms with Gasteiger partial charge in [-0.3, -0.25) is 0 Å². The normalized spacial score (nSPS) is 10.6. The van der Waals surface area contributed by atoms with Crippen LogP contribution in [0, 0.1) is 0 Å². The number of benzene rings is 2. The van der Waals surface area contributed by atoms with Gasteiger partial charge in [0.1, 0.15) is 11.5 Å². The minimum absolute atomic E-state index is 0.350. The third kappa shape index (κ3) is 7.86. The summed E-state index contributed by atoms with van der Waals surface area (Å²) in [6, 6.07) is 15.0. The number of ether oxygens (including phenoxy) is 2. The highest BCUT2D eigenvalue weighted by Crippen LogP contribution is 2.19. The number of carbonyl (C=O) groups is 1. The Kier molecular flexibility index (Phi) is 9.47. The van der Waals surface area contributed by atoms with Gasteiger partial charge in [-0.2, -0.15) is 0 Å². The van der Waals surface area contributed by atoms with Gasteiger partial charge in [0.05, 0.1) is 12.2 Å². The number of carbonyl (C=O) groups excluding carboxylic acids is 1. The molecule has 2 aromatic carbocycles. The first-order chi connectivity index (χ1) is 13.2. The fraction of sp³-hybridized carbons (Fsp3) is 0.458. The van der Waals surface area contributed by atoms with E-state index in [0.29, 0.717) is 23.7 Å². The Morgan fingerprint density at radius 2 is 1.56 bits per heavy atom. The van der Waals surface area contributed by atoms with Gasteiger partial charge in [-0.15, -0.1) is 0 Å². The molecule has 2 aromatic rings. The van der Waals surface area contributed by atoms with E-state index < -0.39 is 0 Å². The molecule has 3 nitrogen and oxygen atoms in total. The predicted octanol–water partition coefficient (Wildman–Crippen LogP) is 6.60. The smallest absolute Gasteiger partial charge is 0.343 e. The zero-order valence-corrected chi connectivity index (χ0v) is 16.7. The van der Waals surface area contributed by atoms with Crippen LogP contribution in [0.15, 0.2) is 48.5 Å². The Morgan fingerprint density at radius 3 is 2.37 bits per heavy atom. The Morgan fingerprint density at radius 1 is 0.815 bits per heavy atom. The Hall–Kier alpha value is -2.29. The molecule has 0 aliphatic heterocycles. The lowest BCUT2D eigenvalue weighted by atomic mass is 10.1. The minimum atomic E-state index is -0.350. The van der Waals surface area contributed by atoms with Crippen LogP contribution in [0.2, 0.25) is 0 Å². The molecule has 0 fully saturated rings. The molecule has 0 bridgehead atoms. The summed E-state index contributed by atoms with van der Waals surface area (Å²) < 4.78 is 11.3. The van der Waals surface area contributed by atoms with E-state index in [1.807, 2.05) is 30.3 Å². The standard InChI is InChI=1S/C24H32O3/c1-3-5-7-9-17-26-22-15-11-14-21(19-22)24(25)27-23-16-10-13-20(18-23)12-8-6-4-2/h10-11,13-16,18-19H,3-9,12,17H2,1-2H3. The van der Waals surface area contributed by atoms with Crippen LogP contribution in [0.25, 0.3) is 0 Å². The summed E-state index contributed by atoms with van der Waals surface area (Å²) >= 11 is 0. The fourth-order valence-corrected chi connectivity index (χ4v) is 2.94. The van der Waals surface area contributed by atoms with Gasteiger partial charge in [-0.1, -0.05) is 64.2 Å². The minimum Gasteiger partial charge on any atom is -0.494 e. The maximum absolute atomic E-state index is 12.5. The van der Waals surface area contributed by atoms with Crippen LogP contribution >= 0.6 is 0 Å². The first kappa shape index (κ1) is 21.0. The SMILES string of the molecule is CCCCCCOc1cccc(C(=O)Oc2cccc(CCCCC)c2)c1. The zero-order valence-electron chi connectivity index (χ0n) is 16.7. The quantitative estimate of drug-likeness (QED) is 0.240. The van der Waals surface area contributed by atoms with Crippen molar-refractivity contribution in [3.05, 3.63) is 59.7 Å². The van der Waals surface area contributed by atoms with E-state index in [9.17, 15) is 4.79 Å². The molecule has 0 N–H and O–H groups in total. The number of unbranched alkanes of at least 4 members (excludes halogenated alkanes) is 5. The molecule has 0 saturated heterocycles. The van der Waals surface area contributed by atoms with Crippen molar-refractivity contribution in [2.24, 2.45) is 0 Å². The predicted molar refractivity (Wildman–Crippen MR) is 111 cm³/mol. The van der Waals surface area contributed by atoms with Gasteiger partial charge in [0.25, 0.3) is 0 Å². The fourth-order valence-electron chi connectivity index (χ4n) is 2.94. The monoisotopic (exact) mass is 368 g/mol. The summed E-state index contributed by atoms with van der Waals surface area (Å²) in [5.41, 5.74) is 1.72. The molecule has 0 heterocycles. The van der Waals surface area contributed by atoms with Crippen molar-refractivity contribution < 1.29 is 14.3 Å². The van der Waals surface area contributed by atoms with Gasteiger partial charge in [0.15, 0.2) is 0 Å². The van der Waals surface area contributed by atoms with E-state index in [2.05, 4.69) is 19.9 Å². The summed E-state index contributed by atoms with van der Waals surface area (Å²) in [5.74, 6) is 0.964. The van der Waals surface area contributed by atoms with Gasteiger partial charge in [-0.05, 0) is 55.2 Å². The van der Waals surface area contributed by atoms with E-state index in [0.717, 1.165) is 19.3 Å².